The number of phenolic OH excluding ortho intramolecular Hbond substituents is 1. The fraction of sp³-hybridized carbons (Fsp3) is 0.211. The van der Waals surface area contributed by atoms with Gasteiger partial charge in [0, 0.05) is 17.8 Å². The van der Waals surface area contributed by atoms with E-state index in [0.29, 0.717) is 17.7 Å². The Morgan fingerprint density at radius 2 is 1.85 bits per heavy atom. The molecule has 0 fully saturated rings. The van der Waals surface area contributed by atoms with Gasteiger partial charge in [0.1, 0.15) is 18.4 Å². The summed E-state index contributed by atoms with van der Waals surface area (Å²) in [6, 6.07) is 13.5. The van der Waals surface area contributed by atoms with Crippen LogP contribution >= 0.6 is 0 Å². The minimum absolute atomic E-state index is 0.0838. The molecule has 1 aromatic heterocycles. The number of hydrogen-bond donors (Lipinski definition) is 2. The molecule has 0 aliphatic carbocycles. The summed E-state index contributed by atoms with van der Waals surface area (Å²) >= 11 is 0. The lowest BCUT2D eigenvalue weighted by Gasteiger charge is -2.24. The van der Waals surface area contributed by atoms with Gasteiger partial charge in [0.25, 0.3) is 5.91 Å². The molecule has 7 nitrogen and oxygen atoms in total. The molecule has 0 aliphatic heterocycles. The highest BCUT2D eigenvalue weighted by molar-refractivity contribution is 5.94. The molecule has 0 unspecified atom stereocenters. The number of nitrogens with zero attached hydrogens (tertiary/aromatic N) is 4. The molecular weight excluding hydrogens is 332 g/mol. The minimum Gasteiger partial charge on any atom is -0.508 e. The predicted molar refractivity (Wildman–Crippen MR) is 96.0 cm³/mol. The van der Waals surface area contributed by atoms with Crippen LogP contribution in [-0.2, 0) is 0 Å². The fourth-order valence-corrected chi connectivity index (χ4v) is 2.69. The van der Waals surface area contributed by atoms with Crippen LogP contribution < -0.4 is 0 Å². The van der Waals surface area contributed by atoms with Crippen molar-refractivity contribution in [3.05, 3.63) is 72.3 Å². The molecule has 2 N–H and O–H groups in total. The Labute approximate surface area is 151 Å². The summed E-state index contributed by atoms with van der Waals surface area (Å²) < 4.78 is 1.75. The molecule has 1 heterocycles. The monoisotopic (exact) mass is 352 g/mol. The molecule has 3 aromatic rings. The molecule has 0 spiro atoms. The topological polar surface area (TPSA) is 91.5 Å². The van der Waals surface area contributed by atoms with E-state index in [9.17, 15) is 15.0 Å². The van der Waals surface area contributed by atoms with E-state index < -0.39 is 6.10 Å². The third kappa shape index (κ3) is 3.89. The number of rotatable bonds is 6. The normalized spacial score (nSPS) is 11.9. The number of carbonyl (C=O) groups is 1. The van der Waals surface area contributed by atoms with Crippen molar-refractivity contribution in [1.29, 1.82) is 0 Å². The zero-order valence-electron chi connectivity index (χ0n) is 14.4. The van der Waals surface area contributed by atoms with E-state index in [2.05, 4.69) is 10.2 Å². The van der Waals surface area contributed by atoms with E-state index in [4.69, 9.17) is 0 Å². The van der Waals surface area contributed by atoms with Crippen molar-refractivity contribution < 1.29 is 15.0 Å². The highest BCUT2D eigenvalue weighted by atomic mass is 16.3. The van der Waals surface area contributed by atoms with Crippen LogP contribution in [0.5, 0.6) is 5.75 Å². The van der Waals surface area contributed by atoms with Gasteiger partial charge >= 0.3 is 0 Å². The lowest BCUT2D eigenvalue weighted by molar-refractivity contribution is 0.0635. The van der Waals surface area contributed by atoms with Crippen molar-refractivity contribution in [1.82, 2.24) is 19.7 Å². The Morgan fingerprint density at radius 3 is 2.46 bits per heavy atom. The van der Waals surface area contributed by atoms with Crippen LogP contribution in [0, 0.1) is 0 Å². The van der Waals surface area contributed by atoms with Crippen LogP contribution in [0.1, 0.15) is 28.9 Å². The van der Waals surface area contributed by atoms with E-state index in [-0.39, 0.29) is 18.2 Å². The molecule has 0 saturated carbocycles. The molecule has 7 heteroatoms. The number of aliphatic hydroxyl groups excluding tert-OH is 1. The van der Waals surface area contributed by atoms with Gasteiger partial charge in [-0.25, -0.2) is 0 Å². The van der Waals surface area contributed by atoms with Crippen LogP contribution in [0.3, 0.4) is 0 Å². The van der Waals surface area contributed by atoms with E-state index in [1.165, 1.54) is 12.1 Å². The Balaban J connectivity index is 1.72. The first-order valence-corrected chi connectivity index (χ1v) is 8.30. The van der Waals surface area contributed by atoms with Crippen molar-refractivity contribution >= 4 is 5.91 Å². The molecule has 2 aromatic carbocycles. The second kappa shape index (κ2) is 7.79. The Bertz CT molecular complexity index is 863. The second-order valence-electron chi connectivity index (χ2n) is 5.87. The average molecular weight is 352 g/mol. The number of aromatic nitrogens is 3. The van der Waals surface area contributed by atoms with E-state index in [1.54, 1.807) is 46.4 Å². The predicted octanol–water partition coefficient (Wildman–Crippen LogP) is 2.17. The zero-order chi connectivity index (χ0) is 18.5. The van der Waals surface area contributed by atoms with Gasteiger partial charge in [-0.15, -0.1) is 10.2 Å². The number of phenols is 1. The third-order valence-electron chi connectivity index (χ3n) is 4.15. The van der Waals surface area contributed by atoms with Crippen molar-refractivity contribution in [2.24, 2.45) is 0 Å². The van der Waals surface area contributed by atoms with Crippen LogP contribution in [0.25, 0.3) is 5.69 Å². The fourth-order valence-electron chi connectivity index (χ4n) is 2.69. The van der Waals surface area contributed by atoms with Gasteiger partial charge in [0.05, 0.1) is 12.6 Å². The van der Waals surface area contributed by atoms with E-state index in [0.717, 1.165) is 5.69 Å². The number of benzene rings is 2. The Kier molecular flexibility index (Phi) is 5.28. The van der Waals surface area contributed by atoms with Gasteiger partial charge in [-0.05, 0) is 48.9 Å². The number of carbonyl (C=O) groups excluding carboxylic acids is 1. The highest BCUT2D eigenvalue weighted by Crippen LogP contribution is 2.20. The van der Waals surface area contributed by atoms with Gasteiger partial charge in [0.15, 0.2) is 0 Å². The quantitative estimate of drug-likeness (QED) is 0.709. The van der Waals surface area contributed by atoms with Gasteiger partial charge in [-0.1, -0.05) is 12.1 Å². The third-order valence-corrected chi connectivity index (χ3v) is 4.15. The van der Waals surface area contributed by atoms with E-state index in [1.807, 2.05) is 19.1 Å². The molecule has 0 radical (unpaired) electrons. The standard InChI is InChI=1S/C19H20N4O3/c1-2-22(11-18(25)15-4-3-5-17(24)10-15)19(26)14-6-8-16(9-7-14)23-12-20-21-13-23/h3-10,12-13,18,24-25H,2,11H2,1H3/t18-/m0/s1. The van der Waals surface area contributed by atoms with Crippen LogP contribution in [0.15, 0.2) is 61.2 Å². The summed E-state index contributed by atoms with van der Waals surface area (Å²) in [5, 5.41) is 27.4. The maximum absolute atomic E-state index is 12.7. The summed E-state index contributed by atoms with van der Waals surface area (Å²) in [7, 11) is 0. The SMILES string of the molecule is CCN(C[C@H](O)c1cccc(O)c1)C(=O)c1ccc(-n2cnnc2)cc1. The number of aromatic hydroxyl groups is 1. The molecule has 134 valence electrons. The second-order valence-corrected chi connectivity index (χ2v) is 5.87. The summed E-state index contributed by atoms with van der Waals surface area (Å²) in [6.45, 7) is 2.46. The number of hydrogen-bond acceptors (Lipinski definition) is 5. The molecule has 1 atom stereocenters. The highest BCUT2D eigenvalue weighted by Gasteiger charge is 2.19. The summed E-state index contributed by atoms with van der Waals surface area (Å²) in [5.74, 6) is -0.0810. The van der Waals surface area contributed by atoms with Gasteiger partial charge in [-0.2, -0.15) is 0 Å². The van der Waals surface area contributed by atoms with Crippen molar-refractivity contribution in [3.8, 4) is 11.4 Å². The van der Waals surface area contributed by atoms with Gasteiger partial charge in [-0.3, -0.25) is 9.36 Å². The van der Waals surface area contributed by atoms with Crippen LogP contribution in [-0.4, -0.2) is 48.9 Å². The molecule has 26 heavy (non-hydrogen) atoms. The van der Waals surface area contributed by atoms with Gasteiger partial charge in [0.2, 0.25) is 0 Å². The summed E-state index contributed by atoms with van der Waals surface area (Å²) in [6.07, 6.45) is 2.30. The number of likely N-dealkylation sites (N-methyl/N-ethyl adjacent to an activating group) is 1. The number of aliphatic hydroxyl groups is 1. The Hall–Kier alpha value is -3.19. The number of amides is 1. The smallest absolute Gasteiger partial charge is 0.253 e. The minimum atomic E-state index is -0.873. The molecule has 3 rings (SSSR count). The molecule has 0 bridgehead atoms. The molecule has 0 aliphatic rings. The molecule has 0 saturated heterocycles. The molecular formula is C19H20N4O3. The van der Waals surface area contributed by atoms with Crippen molar-refractivity contribution in [2.75, 3.05) is 13.1 Å². The average Bonchev–Trinajstić information content (AvgIpc) is 3.20. The maximum Gasteiger partial charge on any atom is 0.253 e. The van der Waals surface area contributed by atoms with E-state index >= 15 is 0 Å². The summed E-state index contributed by atoms with van der Waals surface area (Å²) in [5.41, 5.74) is 1.96. The molecule has 1 amide bonds. The first-order chi connectivity index (χ1) is 12.6. The lowest BCUT2D eigenvalue weighted by Crippen LogP contribution is -2.34. The Morgan fingerprint density at radius 1 is 1.15 bits per heavy atom. The van der Waals surface area contributed by atoms with Crippen molar-refractivity contribution in [3.63, 3.8) is 0 Å². The largest absolute Gasteiger partial charge is 0.508 e. The lowest BCUT2D eigenvalue weighted by atomic mass is 10.1. The maximum atomic E-state index is 12.7. The zero-order valence-corrected chi connectivity index (χ0v) is 14.4. The van der Waals surface area contributed by atoms with Crippen molar-refractivity contribution in [2.45, 2.75) is 13.0 Å². The summed E-state index contributed by atoms with van der Waals surface area (Å²) in [4.78, 5) is 14.3. The van der Waals surface area contributed by atoms with Crippen LogP contribution in [0.2, 0.25) is 0 Å². The first kappa shape index (κ1) is 17.6. The first-order valence-electron chi connectivity index (χ1n) is 8.30. The van der Waals surface area contributed by atoms with Crippen LogP contribution in [0.4, 0.5) is 0 Å². The van der Waals surface area contributed by atoms with Gasteiger partial charge < -0.3 is 15.1 Å².